The highest BCUT2D eigenvalue weighted by Gasteiger charge is 2.15. The van der Waals surface area contributed by atoms with Gasteiger partial charge in [-0.2, -0.15) is 5.10 Å². The molecule has 25 heavy (non-hydrogen) atoms. The van der Waals surface area contributed by atoms with Crippen LogP contribution in [0, 0.1) is 6.92 Å². The minimum absolute atomic E-state index is 0.0131. The molecule has 0 aliphatic rings. The number of nitrogens with one attached hydrogen (secondary N) is 2. The molecule has 5 nitrogen and oxygen atoms in total. The number of benzene rings is 1. The van der Waals surface area contributed by atoms with Gasteiger partial charge in [0.05, 0.1) is 12.2 Å². The van der Waals surface area contributed by atoms with Gasteiger partial charge in [0.2, 0.25) is 5.91 Å². The summed E-state index contributed by atoms with van der Waals surface area (Å²) >= 11 is 0. The molecule has 0 fully saturated rings. The Morgan fingerprint density at radius 1 is 1.36 bits per heavy atom. The largest absolute Gasteiger partial charge is 0.361 e. The molecule has 2 N–H and O–H groups in total. The first-order valence-corrected chi connectivity index (χ1v) is 8.96. The maximum Gasteiger partial charge on any atom is 0.220 e. The summed E-state index contributed by atoms with van der Waals surface area (Å²) in [6.07, 6.45) is 6.18. The van der Waals surface area contributed by atoms with Crippen LogP contribution in [0.15, 0.2) is 36.7 Å². The van der Waals surface area contributed by atoms with Gasteiger partial charge in [-0.1, -0.05) is 18.2 Å². The summed E-state index contributed by atoms with van der Waals surface area (Å²) in [6, 6.07) is 8.26. The number of aromatic amines is 1. The molecular formula is C20H26N4O. The number of aromatic nitrogens is 3. The minimum Gasteiger partial charge on any atom is -0.361 e. The van der Waals surface area contributed by atoms with Crippen molar-refractivity contribution in [2.24, 2.45) is 0 Å². The lowest BCUT2D eigenvalue weighted by atomic mass is 10.1. The molecule has 0 bridgehead atoms. The summed E-state index contributed by atoms with van der Waals surface area (Å²) in [5.41, 5.74) is 4.64. The molecule has 3 aromatic rings. The predicted octanol–water partition coefficient (Wildman–Crippen LogP) is 3.89. The van der Waals surface area contributed by atoms with Crippen LogP contribution in [0.4, 0.5) is 0 Å². The third kappa shape index (κ3) is 3.76. The van der Waals surface area contributed by atoms with E-state index in [1.807, 2.05) is 43.1 Å². The summed E-state index contributed by atoms with van der Waals surface area (Å²) in [4.78, 5) is 15.5. The van der Waals surface area contributed by atoms with Gasteiger partial charge in [-0.25, -0.2) is 0 Å². The summed E-state index contributed by atoms with van der Waals surface area (Å²) in [6.45, 7) is 6.97. The average Bonchev–Trinajstić information content (AvgIpc) is 3.18. The Bertz CT molecular complexity index is 862. The van der Waals surface area contributed by atoms with E-state index >= 15 is 0 Å². The van der Waals surface area contributed by atoms with Gasteiger partial charge in [0.1, 0.15) is 0 Å². The van der Waals surface area contributed by atoms with Crippen LogP contribution in [0.3, 0.4) is 0 Å². The molecule has 1 unspecified atom stereocenters. The van der Waals surface area contributed by atoms with Crippen molar-refractivity contribution in [3.8, 4) is 0 Å². The maximum atomic E-state index is 12.3. The van der Waals surface area contributed by atoms with Gasteiger partial charge in [-0.3, -0.25) is 9.48 Å². The van der Waals surface area contributed by atoms with E-state index in [4.69, 9.17) is 0 Å². The Labute approximate surface area is 148 Å². The number of rotatable bonds is 7. The van der Waals surface area contributed by atoms with Gasteiger partial charge in [0.25, 0.3) is 0 Å². The van der Waals surface area contributed by atoms with Crippen molar-refractivity contribution in [2.75, 3.05) is 0 Å². The zero-order chi connectivity index (χ0) is 17.8. The lowest BCUT2D eigenvalue weighted by Gasteiger charge is -2.14. The van der Waals surface area contributed by atoms with Crippen molar-refractivity contribution in [2.45, 2.75) is 52.6 Å². The van der Waals surface area contributed by atoms with E-state index in [-0.39, 0.29) is 11.9 Å². The number of hydrogen-bond acceptors (Lipinski definition) is 2. The molecule has 5 heteroatoms. The van der Waals surface area contributed by atoms with Crippen LogP contribution in [0.25, 0.3) is 10.9 Å². The van der Waals surface area contributed by atoms with E-state index in [0.29, 0.717) is 6.42 Å². The maximum absolute atomic E-state index is 12.3. The zero-order valence-corrected chi connectivity index (χ0v) is 15.2. The van der Waals surface area contributed by atoms with Crippen molar-refractivity contribution >= 4 is 16.8 Å². The molecule has 0 aliphatic heterocycles. The monoisotopic (exact) mass is 338 g/mol. The summed E-state index contributed by atoms with van der Waals surface area (Å²) in [5.74, 6) is 0.0935. The third-order valence-electron chi connectivity index (χ3n) is 4.81. The fourth-order valence-electron chi connectivity index (χ4n) is 3.37. The van der Waals surface area contributed by atoms with Crippen LogP contribution >= 0.6 is 0 Å². The van der Waals surface area contributed by atoms with Crippen molar-refractivity contribution in [1.29, 1.82) is 0 Å². The first-order valence-electron chi connectivity index (χ1n) is 8.96. The van der Waals surface area contributed by atoms with Gasteiger partial charge in [0.15, 0.2) is 0 Å². The summed E-state index contributed by atoms with van der Waals surface area (Å²) < 4.78 is 1.95. The topological polar surface area (TPSA) is 62.7 Å². The van der Waals surface area contributed by atoms with E-state index in [1.54, 1.807) is 0 Å². The number of nitrogens with zero attached hydrogens (tertiary/aromatic N) is 2. The van der Waals surface area contributed by atoms with Crippen LogP contribution in [0.1, 0.15) is 49.6 Å². The Hall–Kier alpha value is -2.56. The fraction of sp³-hybridized carbons (Fsp3) is 0.400. The Balaban J connectivity index is 1.51. The lowest BCUT2D eigenvalue weighted by molar-refractivity contribution is -0.121. The van der Waals surface area contributed by atoms with Crippen LogP contribution < -0.4 is 5.32 Å². The molecule has 0 spiro atoms. The average molecular weight is 338 g/mol. The lowest BCUT2D eigenvalue weighted by Crippen LogP contribution is -2.26. The summed E-state index contributed by atoms with van der Waals surface area (Å²) in [5, 5.41) is 8.69. The second-order valence-corrected chi connectivity index (χ2v) is 6.50. The molecule has 1 aromatic carbocycles. The number of carbonyl (C=O) groups excluding carboxylic acids is 1. The Morgan fingerprint density at radius 3 is 2.92 bits per heavy atom. The van der Waals surface area contributed by atoms with Crippen molar-refractivity contribution in [1.82, 2.24) is 20.1 Å². The first kappa shape index (κ1) is 17.3. The molecule has 2 aromatic heterocycles. The van der Waals surface area contributed by atoms with Crippen molar-refractivity contribution in [3.05, 3.63) is 53.5 Å². The molecule has 0 saturated carbocycles. The zero-order valence-electron chi connectivity index (χ0n) is 15.2. The highest BCUT2D eigenvalue weighted by Crippen LogP contribution is 2.20. The quantitative estimate of drug-likeness (QED) is 0.686. The van der Waals surface area contributed by atoms with E-state index < -0.39 is 0 Å². The molecule has 2 heterocycles. The Kier molecular flexibility index (Phi) is 5.22. The number of H-pyrrole nitrogens is 1. The molecule has 0 aliphatic carbocycles. The van der Waals surface area contributed by atoms with E-state index in [1.165, 1.54) is 10.9 Å². The van der Waals surface area contributed by atoms with Crippen LogP contribution in [-0.2, 0) is 17.8 Å². The minimum atomic E-state index is -0.0131. The van der Waals surface area contributed by atoms with Gasteiger partial charge in [0, 0.05) is 41.3 Å². The molecule has 3 rings (SSSR count). The normalized spacial score (nSPS) is 12.4. The van der Waals surface area contributed by atoms with Gasteiger partial charge >= 0.3 is 0 Å². The van der Waals surface area contributed by atoms with Gasteiger partial charge in [-0.15, -0.1) is 0 Å². The van der Waals surface area contributed by atoms with Crippen LogP contribution in [-0.4, -0.2) is 20.7 Å². The van der Waals surface area contributed by atoms with E-state index in [9.17, 15) is 4.79 Å². The van der Waals surface area contributed by atoms with Gasteiger partial charge < -0.3 is 10.3 Å². The molecule has 132 valence electrons. The number of fused-ring (bicyclic) bond motifs is 1. The van der Waals surface area contributed by atoms with E-state index in [2.05, 4.69) is 34.5 Å². The van der Waals surface area contributed by atoms with Crippen LogP contribution in [0.2, 0.25) is 0 Å². The number of para-hydroxylation sites is 1. The standard InChI is InChI=1S/C20H26N4O/c1-4-24-15(3)18(13-22-24)14(2)23-20(25)11-7-8-16-12-21-19-10-6-5-9-17(16)19/h5-6,9-10,12-14,21H,4,7-8,11H2,1-3H3,(H,23,25). The van der Waals surface area contributed by atoms with Gasteiger partial charge in [-0.05, 0) is 45.2 Å². The number of carbonyl (C=O) groups is 1. The Morgan fingerprint density at radius 2 is 2.16 bits per heavy atom. The second-order valence-electron chi connectivity index (χ2n) is 6.50. The predicted molar refractivity (Wildman–Crippen MR) is 100 cm³/mol. The first-order chi connectivity index (χ1) is 12.1. The molecule has 0 radical (unpaired) electrons. The number of hydrogen-bond donors (Lipinski definition) is 2. The molecule has 1 atom stereocenters. The summed E-state index contributed by atoms with van der Waals surface area (Å²) in [7, 11) is 0. The smallest absolute Gasteiger partial charge is 0.220 e. The van der Waals surface area contributed by atoms with Crippen molar-refractivity contribution in [3.63, 3.8) is 0 Å². The fourth-order valence-corrected chi connectivity index (χ4v) is 3.37. The molecular weight excluding hydrogens is 312 g/mol. The van der Waals surface area contributed by atoms with Crippen molar-refractivity contribution < 1.29 is 4.79 Å². The second kappa shape index (κ2) is 7.55. The SMILES string of the molecule is CCn1ncc(C(C)NC(=O)CCCc2c[nH]c3ccccc23)c1C. The highest BCUT2D eigenvalue weighted by atomic mass is 16.1. The number of amides is 1. The third-order valence-corrected chi connectivity index (χ3v) is 4.81. The highest BCUT2D eigenvalue weighted by molar-refractivity contribution is 5.83. The van der Waals surface area contributed by atoms with Crippen LogP contribution in [0.5, 0.6) is 0 Å². The molecule has 1 amide bonds. The van der Waals surface area contributed by atoms with E-state index in [0.717, 1.165) is 36.2 Å². The molecule has 0 saturated heterocycles. The number of aryl methyl sites for hydroxylation is 2.